The Hall–Kier alpha value is -2.87. The van der Waals surface area contributed by atoms with Gasteiger partial charge in [-0.25, -0.2) is 8.42 Å². The highest BCUT2D eigenvalue weighted by Crippen LogP contribution is 2.17. The Morgan fingerprint density at radius 3 is 2.12 bits per heavy atom. The Bertz CT molecular complexity index is 859. The third-order valence-corrected chi connectivity index (χ3v) is 4.88. The smallest absolute Gasteiger partial charge is 0.261 e. The van der Waals surface area contributed by atoms with Gasteiger partial charge in [0.2, 0.25) is 0 Å². The zero-order valence-corrected chi connectivity index (χ0v) is 14.3. The Morgan fingerprint density at radius 1 is 1.00 bits per heavy atom. The number of aliphatic carboxylic acids is 1. The lowest BCUT2D eigenvalue weighted by Crippen LogP contribution is -2.22. The normalized spacial score (nSPS) is 10.9. The minimum Gasteiger partial charge on any atom is -0.550 e. The van der Waals surface area contributed by atoms with Crippen molar-refractivity contribution in [2.45, 2.75) is 17.7 Å². The molecule has 0 radical (unpaired) electrons. The maximum Gasteiger partial charge on any atom is 0.261 e. The highest BCUT2D eigenvalue weighted by molar-refractivity contribution is 7.92. The van der Waals surface area contributed by atoms with Crippen molar-refractivity contribution in [2.24, 2.45) is 0 Å². The summed E-state index contributed by atoms with van der Waals surface area (Å²) in [7, 11) is -2.27. The van der Waals surface area contributed by atoms with Crippen LogP contribution in [0.3, 0.4) is 0 Å². The van der Waals surface area contributed by atoms with Crippen LogP contribution in [0.5, 0.6) is 0 Å². The monoisotopic (exact) mass is 361 g/mol. The Balaban J connectivity index is 2.10. The quantitative estimate of drug-likeness (QED) is 0.746. The molecule has 0 saturated heterocycles. The van der Waals surface area contributed by atoms with E-state index in [1.165, 1.54) is 43.4 Å². The van der Waals surface area contributed by atoms with E-state index in [-0.39, 0.29) is 23.6 Å². The van der Waals surface area contributed by atoms with Crippen LogP contribution in [-0.2, 0) is 21.2 Å². The maximum absolute atomic E-state index is 12.4. The van der Waals surface area contributed by atoms with Crippen LogP contribution in [0.2, 0.25) is 0 Å². The Morgan fingerprint density at radius 2 is 1.60 bits per heavy atom. The fraction of sp³-hybridized carbons (Fsp3) is 0.176. The molecule has 2 aromatic rings. The van der Waals surface area contributed by atoms with E-state index in [1.54, 1.807) is 12.1 Å². The predicted molar refractivity (Wildman–Crippen MR) is 90.4 cm³/mol. The highest BCUT2D eigenvalue weighted by Gasteiger charge is 2.14. The molecule has 7 nitrogen and oxygen atoms in total. The topological polar surface area (TPSA) is 115 Å². The molecule has 8 heteroatoms. The third-order valence-electron chi connectivity index (χ3n) is 3.48. The van der Waals surface area contributed by atoms with Crippen LogP contribution in [0.1, 0.15) is 22.3 Å². The first-order valence-electron chi connectivity index (χ1n) is 7.45. The first-order valence-corrected chi connectivity index (χ1v) is 8.94. The number of rotatable bonds is 7. The van der Waals surface area contributed by atoms with Gasteiger partial charge in [-0.3, -0.25) is 9.52 Å². The van der Waals surface area contributed by atoms with Crippen molar-refractivity contribution in [3.63, 3.8) is 0 Å². The van der Waals surface area contributed by atoms with Gasteiger partial charge in [0.05, 0.1) is 4.90 Å². The van der Waals surface area contributed by atoms with Crippen LogP contribution in [0.15, 0.2) is 53.4 Å². The van der Waals surface area contributed by atoms with Crippen LogP contribution in [0.25, 0.3) is 0 Å². The summed E-state index contributed by atoms with van der Waals surface area (Å²) in [4.78, 5) is 22.0. The number of aryl methyl sites for hydroxylation is 1. The van der Waals surface area contributed by atoms with Crippen molar-refractivity contribution in [2.75, 3.05) is 11.8 Å². The van der Waals surface area contributed by atoms with Crippen LogP contribution in [0.4, 0.5) is 5.69 Å². The van der Waals surface area contributed by atoms with Gasteiger partial charge in [-0.15, -0.1) is 0 Å². The maximum atomic E-state index is 12.4. The molecule has 0 fully saturated rings. The molecule has 2 aromatic carbocycles. The molecule has 132 valence electrons. The summed E-state index contributed by atoms with van der Waals surface area (Å²) in [5.41, 5.74) is 1.45. The van der Waals surface area contributed by atoms with Crippen LogP contribution in [0, 0.1) is 0 Å². The number of anilines is 1. The molecule has 25 heavy (non-hydrogen) atoms. The molecule has 1 amide bonds. The summed E-state index contributed by atoms with van der Waals surface area (Å²) in [5.74, 6) is -1.42. The number of hydrogen-bond acceptors (Lipinski definition) is 5. The number of carboxylic acid groups (broad SMARTS) is 1. The molecule has 0 unspecified atom stereocenters. The van der Waals surface area contributed by atoms with E-state index in [0.717, 1.165) is 0 Å². The third kappa shape index (κ3) is 5.05. The molecule has 2 N–H and O–H groups in total. The van der Waals surface area contributed by atoms with E-state index in [9.17, 15) is 23.1 Å². The van der Waals surface area contributed by atoms with Gasteiger partial charge in [-0.05, 0) is 54.8 Å². The average molecular weight is 361 g/mol. The predicted octanol–water partition coefficient (Wildman–Crippen LogP) is 0.530. The van der Waals surface area contributed by atoms with Gasteiger partial charge in [-0.1, -0.05) is 12.1 Å². The number of sulfonamides is 1. The van der Waals surface area contributed by atoms with Crippen molar-refractivity contribution < 1.29 is 23.1 Å². The molecule has 0 aliphatic carbocycles. The van der Waals surface area contributed by atoms with Crippen LogP contribution >= 0.6 is 0 Å². The van der Waals surface area contributed by atoms with Gasteiger partial charge in [0, 0.05) is 24.3 Å². The molecule has 0 atom stereocenters. The first-order chi connectivity index (χ1) is 11.8. The van der Waals surface area contributed by atoms with Gasteiger partial charge >= 0.3 is 0 Å². The number of amides is 1. The summed E-state index contributed by atoms with van der Waals surface area (Å²) in [5, 5.41) is 12.9. The van der Waals surface area contributed by atoms with E-state index in [1.807, 2.05) is 0 Å². The first kappa shape index (κ1) is 18.5. The largest absolute Gasteiger partial charge is 0.550 e. The molecule has 0 heterocycles. The van der Waals surface area contributed by atoms with Gasteiger partial charge in [-0.2, -0.15) is 0 Å². The average Bonchev–Trinajstić information content (AvgIpc) is 2.60. The van der Waals surface area contributed by atoms with Gasteiger partial charge in [0.1, 0.15) is 0 Å². The standard InChI is InChI=1S/C17H18N2O5S/c1-18-17(22)13-5-7-14(8-6-13)19-25(23,24)15-9-2-12(3-10-15)4-11-16(20)21/h2-3,5-10,19H,4,11H2,1H3,(H,18,22)(H,20,21)/p-1. The zero-order valence-electron chi connectivity index (χ0n) is 13.5. The number of benzene rings is 2. The second-order valence-electron chi connectivity index (χ2n) is 5.28. The van der Waals surface area contributed by atoms with Crippen molar-refractivity contribution in [1.82, 2.24) is 5.32 Å². The summed E-state index contributed by atoms with van der Waals surface area (Å²) >= 11 is 0. The summed E-state index contributed by atoms with van der Waals surface area (Å²) in [6, 6.07) is 12.0. The SMILES string of the molecule is CNC(=O)c1ccc(NS(=O)(=O)c2ccc(CCC(=O)[O-])cc2)cc1. The number of carbonyl (C=O) groups excluding carboxylic acids is 2. The van der Waals surface area contributed by atoms with Gasteiger partial charge in [0.15, 0.2) is 0 Å². The van der Waals surface area contributed by atoms with Crippen molar-refractivity contribution in [3.05, 3.63) is 59.7 Å². The van der Waals surface area contributed by atoms with E-state index in [2.05, 4.69) is 10.0 Å². The summed E-state index contributed by atoms with van der Waals surface area (Å²) in [6.07, 6.45) is 0.152. The van der Waals surface area contributed by atoms with Crippen LogP contribution in [-0.4, -0.2) is 27.3 Å². The van der Waals surface area contributed by atoms with Crippen molar-refractivity contribution in [3.8, 4) is 0 Å². The second-order valence-corrected chi connectivity index (χ2v) is 6.96. The number of hydrogen-bond donors (Lipinski definition) is 2. The van der Waals surface area contributed by atoms with Crippen molar-refractivity contribution >= 4 is 27.6 Å². The Kier molecular flexibility index (Phi) is 5.76. The minimum atomic E-state index is -3.78. The fourth-order valence-corrected chi connectivity index (χ4v) is 3.19. The van der Waals surface area contributed by atoms with E-state index >= 15 is 0 Å². The van der Waals surface area contributed by atoms with E-state index < -0.39 is 16.0 Å². The van der Waals surface area contributed by atoms with Gasteiger partial charge in [0.25, 0.3) is 15.9 Å². The Labute approximate surface area is 145 Å². The lowest BCUT2D eigenvalue weighted by molar-refractivity contribution is -0.305. The molecular formula is C17H17N2O5S-. The zero-order chi connectivity index (χ0) is 18.4. The van der Waals surface area contributed by atoms with E-state index in [0.29, 0.717) is 16.8 Å². The molecule has 0 aliphatic rings. The molecular weight excluding hydrogens is 344 g/mol. The lowest BCUT2D eigenvalue weighted by atomic mass is 10.1. The number of nitrogens with one attached hydrogen (secondary N) is 2. The van der Waals surface area contributed by atoms with Crippen molar-refractivity contribution in [1.29, 1.82) is 0 Å². The number of carboxylic acids is 1. The summed E-state index contributed by atoms with van der Waals surface area (Å²) < 4.78 is 27.1. The summed E-state index contributed by atoms with van der Waals surface area (Å²) in [6.45, 7) is 0. The van der Waals surface area contributed by atoms with Crippen LogP contribution < -0.4 is 15.1 Å². The van der Waals surface area contributed by atoms with E-state index in [4.69, 9.17) is 0 Å². The molecule has 0 aromatic heterocycles. The molecule has 2 rings (SSSR count). The lowest BCUT2D eigenvalue weighted by Gasteiger charge is -2.10. The molecule has 0 spiro atoms. The fourth-order valence-electron chi connectivity index (χ4n) is 2.13. The minimum absolute atomic E-state index is 0.0556. The molecule has 0 saturated carbocycles. The number of carbonyl (C=O) groups is 2. The molecule has 0 aliphatic heterocycles. The second kappa shape index (κ2) is 7.80. The van der Waals surface area contributed by atoms with Gasteiger partial charge < -0.3 is 15.2 Å². The molecule has 0 bridgehead atoms. The highest BCUT2D eigenvalue weighted by atomic mass is 32.2.